The van der Waals surface area contributed by atoms with E-state index in [4.69, 9.17) is 9.97 Å². The van der Waals surface area contributed by atoms with E-state index in [0.29, 0.717) is 0 Å². The molecule has 0 N–H and O–H groups in total. The minimum Gasteiger partial charge on any atom is -0.264 e. The van der Waals surface area contributed by atoms with Gasteiger partial charge < -0.3 is 0 Å². The van der Waals surface area contributed by atoms with Gasteiger partial charge in [0.15, 0.2) is 5.82 Å². The van der Waals surface area contributed by atoms with Gasteiger partial charge in [0.25, 0.3) is 0 Å². The van der Waals surface area contributed by atoms with Crippen LogP contribution in [0.3, 0.4) is 0 Å². The summed E-state index contributed by atoms with van der Waals surface area (Å²) in [6.45, 7) is 0. The van der Waals surface area contributed by atoms with E-state index in [0.717, 1.165) is 46.7 Å². The Bertz CT molecular complexity index is 2570. The first kappa shape index (κ1) is 29.7. The first-order valence-electron chi connectivity index (χ1n) is 17.1. The maximum Gasteiger partial charge on any atom is 0.160 e. The Morgan fingerprint density at radius 1 is 0.400 bits per heavy atom. The standard InChI is InChI=1S/C47H33N3/c1-3-16-41-33(9-1)11-6-18-43(41)35-22-26-37(27-23-35)46-30-45(36-24-20-32(21-25-36)40-15-8-28-48-31-40)49-47(50-46)39-14-5-13-38(29-39)44-19-7-12-34-10-2-4-17-42(34)44/h1-20,22-24,26-31H,21,25H2. The molecule has 0 amide bonds. The molecular weight excluding hydrogens is 607 g/mol. The highest BCUT2D eigenvalue weighted by atomic mass is 14.9. The third-order valence-electron chi connectivity index (χ3n) is 9.74. The van der Waals surface area contributed by atoms with E-state index in [1.54, 1.807) is 0 Å². The number of fused-ring (bicyclic) bond motifs is 2. The molecule has 8 aromatic rings. The van der Waals surface area contributed by atoms with Crippen LogP contribution in [0.25, 0.3) is 77.6 Å². The Hall–Kier alpha value is -6.45. The highest BCUT2D eigenvalue weighted by Crippen LogP contribution is 2.36. The SMILES string of the molecule is C1=C(c2cccnc2)CCC(c2cc(-c3ccc(-c4cccc5ccccc45)cc3)nc(-c3cccc(-c4cccc5ccccc45)c3)n2)=C1. The van der Waals surface area contributed by atoms with E-state index in [-0.39, 0.29) is 0 Å². The van der Waals surface area contributed by atoms with Crippen LogP contribution in [-0.2, 0) is 0 Å². The lowest BCUT2D eigenvalue weighted by Crippen LogP contribution is -2.01. The Balaban J connectivity index is 1.14. The van der Waals surface area contributed by atoms with Gasteiger partial charge in [0.05, 0.1) is 11.4 Å². The van der Waals surface area contributed by atoms with Gasteiger partial charge in [-0.25, -0.2) is 9.97 Å². The monoisotopic (exact) mass is 639 g/mol. The van der Waals surface area contributed by atoms with Gasteiger partial charge in [-0.2, -0.15) is 0 Å². The van der Waals surface area contributed by atoms with Crippen LogP contribution in [-0.4, -0.2) is 15.0 Å². The summed E-state index contributed by atoms with van der Waals surface area (Å²) in [5.74, 6) is 0.723. The van der Waals surface area contributed by atoms with Crippen molar-refractivity contribution in [3.63, 3.8) is 0 Å². The maximum absolute atomic E-state index is 5.23. The van der Waals surface area contributed by atoms with Crippen molar-refractivity contribution >= 4 is 32.7 Å². The van der Waals surface area contributed by atoms with E-state index in [1.807, 2.05) is 18.5 Å². The Morgan fingerprint density at radius 2 is 0.980 bits per heavy atom. The van der Waals surface area contributed by atoms with Crippen molar-refractivity contribution in [3.8, 4) is 44.9 Å². The molecule has 0 unspecified atom stereocenters. The van der Waals surface area contributed by atoms with Gasteiger partial charge in [0.2, 0.25) is 0 Å². The van der Waals surface area contributed by atoms with Crippen molar-refractivity contribution in [3.05, 3.63) is 187 Å². The van der Waals surface area contributed by atoms with Gasteiger partial charge >= 0.3 is 0 Å². The number of rotatable bonds is 6. The normalized spacial score (nSPS) is 12.9. The van der Waals surface area contributed by atoms with Crippen molar-refractivity contribution in [2.45, 2.75) is 12.8 Å². The van der Waals surface area contributed by atoms with Crippen LogP contribution in [0.4, 0.5) is 0 Å². The third-order valence-corrected chi connectivity index (χ3v) is 9.74. The van der Waals surface area contributed by atoms with Crippen LogP contribution in [0.2, 0.25) is 0 Å². The first-order chi connectivity index (χ1) is 24.8. The summed E-state index contributed by atoms with van der Waals surface area (Å²) >= 11 is 0. The quantitative estimate of drug-likeness (QED) is 0.182. The second-order valence-corrected chi connectivity index (χ2v) is 12.8. The number of nitrogens with zero attached hydrogens (tertiary/aromatic N) is 3. The number of aromatic nitrogens is 3. The number of hydrogen-bond acceptors (Lipinski definition) is 3. The topological polar surface area (TPSA) is 38.7 Å². The smallest absolute Gasteiger partial charge is 0.160 e. The van der Waals surface area contributed by atoms with Crippen molar-refractivity contribution in [2.24, 2.45) is 0 Å². The average molecular weight is 640 g/mol. The fraction of sp³-hybridized carbons (Fsp3) is 0.0426. The Labute approximate surface area is 292 Å². The largest absolute Gasteiger partial charge is 0.264 e. The molecule has 0 fully saturated rings. The van der Waals surface area contributed by atoms with Crippen LogP contribution in [0.1, 0.15) is 24.1 Å². The predicted molar refractivity (Wildman–Crippen MR) is 208 cm³/mol. The van der Waals surface area contributed by atoms with Crippen molar-refractivity contribution < 1.29 is 0 Å². The van der Waals surface area contributed by atoms with Crippen molar-refractivity contribution in [1.29, 1.82) is 0 Å². The summed E-state index contributed by atoms with van der Waals surface area (Å²) in [7, 11) is 0. The molecule has 0 aliphatic heterocycles. The summed E-state index contributed by atoms with van der Waals surface area (Å²) in [5.41, 5.74) is 12.4. The minimum absolute atomic E-state index is 0.723. The molecule has 0 saturated heterocycles. The Kier molecular flexibility index (Phi) is 7.64. The molecule has 0 atom stereocenters. The van der Waals surface area contributed by atoms with E-state index in [1.165, 1.54) is 54.9 Å². The van der Waals surface area contributed by atoms with Gasteiger partial charge in [-0.15, -0.1) is 0 Å². The summed E-state index contributed by atoms with van der Waals surface area (Å²) in [6.07, 6.45) is 10.0. The van der Waals surface area contributed by atoms with Crippen LogP contribution in [0.5, 0.6) is 0 Å². The average Bonchev–Trinajstić information content (AvgIpc) is 3.21. The Morgan fingerprint density at radius 3 is 1.68 bits per heavy atom. The predicted octanol–water partition coefficient (Wildman–Crippen LogP) is 12.1. The summed E-state index contributed by atoms with van der Waals surface area (Å²) in [4.78, 5) is 14.8. The molecule has 236 valence electrons. The fourth-order valence-electron chi connectivity index (χ4n) is 7.13. The highest BCUT2D eigenvalue weighted by Gasteiger charge is 2.16. The molecule has 2 aromatic heterocycles. The lowest BCUT2D eigenvalue weighted by Gasteiger charge is -2.16. The number of benzene rings is 6. The summed E-state index contributed by atoms with van der Waals surface area (Å²) in [5, 5.41) is 4.96. The second kappa shape index (κ2) is 12.9. The molecule has 0 radical (unpaired) electrons. The minimum atomic E-state index is 0.723. The zero-order valence-corrected chi connectivity index (χ0v) is 27.5. The summed E-state index contributed by atoms with van der Waals surface area (Å²) in [6, 6.07) is 53.8. The van der Waals surface area contributed by atoms with Crippen LogP contribution in [0, 0.1) is 0 Å². The van der Waals surface area contributed by atoms with Gasteiger partial charge in [-0.1, -0.05) is 146 Å². The number of pyridine rings is 1. The van der Waals surface area contributed by atoms with Crippen LogP contribution >= 0.6 is 0 Å². The van der Waals surface area contributed by atoms with Gasteiger partial charge in [0, 0.05) is 23.5 Å². The molecule has 9 rings (SSSR count). The van der Waals surface area contributed by atoms with Gasteiger partial charge in [-0.05, 0) is 91.5 Å². The molecule has 3 heteroatoms. The summed E-state index contributed by atoms with van der Waals surface area (Å²) < 4.78 is 0. The molecule has 1 aliphatic carbocycles. The maximum atomic E-state index is 5.23. The van der Waals surface area contributed by atoms with Gasteiger partial charge in [-0.3, -0.25) is 4.98 Å². The van der Waals surface area contributed by atoms with E-state index < -0.39 is 0 Å². The first-order valence-corrected chi connectivity index (χ1v) is 17.1. The lowest BCUT2D eigenvalue weighted by molar-refractivity contribution is 1.04. The second-order valence-electron chi connectivity index (χ2n) is 12.8. The van der Waals surface area contributed by atoms with Crippen molar-refractivity contribution in [2.75, 3.05) is 0 Å². The van der Waals surface area contributed by atoms with E-state index in [9.17, 15) is 0 Å². The lowest BCUT2D eigenvalue weighted by atomic mass is 9.92. The molecule has 3 nitrogen and oxygen atoms in total. The number of hydrogen-bond donors (Lipinski definition) is 0. The molecule has 0 saturated carbocycles. The van der Waals surface area contributed by atoms with E-state index >= 15 is 0 Å². The fourth-order valence-corrected chi connectivity index (χ4v) is 7.13. The molecular formula is C47H33N3. The zero-order chi connectivity index (χ0) is 33.3. The molecule has 0 spiro atoms. The van der Waals surface area contributed by atoms with Crippen molar-refractivity contribution in [1.82, 2.24) is 15.0 Å². The number of allylic oxidation sites excluding steroid dienone is 4. The highest BCUT2D eigenvalue weighted by molar-refractivity contribution is 5.98. The molecule has 0 bridgehead atoms. The molecule has 6 aromatic carbocycles. The van der Waals surface area contributed by atoms with Crippen LogP contribution < -0.4 is 0 Å². The molecule has 50 heavy (non-hydrogen) atoms. The molecule has 1 aliphatic rings. The van der Waals surface area contributed by atoms with Crippen LogP contribution in [0.15, 0.2) is 176 Å². The zero-order valence-electron chi connectivity index (χ0n) is 27.5. The van der Waals surface area contributed by atoms with Gasteiger partial charge in [0.1, 0.15) is 0 Å². The molecule has 2 heterocycles. The van der Waals surface area contributed by atoms with E-state index in [2.05, 4.69) is 163 Å². The third kappa shape index (κ3) is 5.69.